The second-order valence-corrected chi connectivity index (χ2v) is 8.02. The SMILES string of the molecule is COc1ccc(/C(O)=C2/C(=O)C(=O)N(c3cc(F)ccc3F)C2c2cccs2)cc1Cl. The molecule has 0 aliphatic carbocycles. The Labute approximate surface area is 184 Å². The zero-order valence-electron chi connectivity index (χ0n) is 15.9. The summed E-state index contributed by atoms with van der Waals surface area (Å²) in [5, 5.41) is 12.9. The summed E-state index contributed by atoms with van der Waals surface area (Å²) in [4.78, 5) is 27.2. The van der Waals surface area contributed by atoms with Gasteiger partial charge in [0.15, 0.2) is 0 Å². The Hall–Kier alpha value is -3.23. The fraction of sp³-hybridized carbons (Fsp3) is 0.0909. The van der Waals surface area contributed by atoms with Crippen LogP contribution < -0.4 is 9.64 Å². The van der Waals surface area contributed by atoms with Crippen LogP contribution in [0.3, 0.4) is 0 Å². The molecule has 0 bridgehead atoms. The van der Waals surface area contributed by atoms with Gasteiger partial charge in [0.1, 0.15) is 29.2 Å². The summed E-state index contributed by atoms with van der Waals surface area (Å²) in [6.07, 6.45) is 0. The molecule has 5 nitrogen and oxygen atoms in total. The van der Waals surface area contributed by atoms with Gasteiger partial charge in [-0.3, -0.25) is 14.5 Å². The Morgan fingerprint density at radius 3 is 2.58 bits per heavy atom. The van der Waals surface area contributed by atoms with Crippen molar-refractivity contribution in [2.24, 2.45) is 0 Å². The number of carbonyl (C=O) groups excluding carboxylic acids is 2. The summed E-state index contributed by atoms with van der Waals surface area (Å²) in [6, 6.07) is 9.17. The zero-order chi connectivity index (χ0) is 22.3. The summed E-state index contributed by atoms with van der Waals surface area (Å²) in [6.45, 7) is 0. The molecule has 3 aromatic rings. The van der Waals surface area contributed by atoms with E-state index < -0.39 is 40.8 Å². The van der Waals surface area contributed by atoms with E-state index in [0.29, 0.717) is 10.6 Å². The minimum atomic E-state index is -1.14. The number of Topliss-reactive ketones (excluding diaryl/α,β-unsaturated/α-hetero) is 1. The van der Waals surface area contributed by atoms with Crippen LogP contribution in [0.15, 0.2) is 59.5 Å². The number of methoxy groups -OCH3 is 1. The van der Waals surface area contributed by atoms with Crippen molar-refractivity contribution in [2.75, 3.05) is 12.0 Å². The quantitative estimate of drug-likeness (QED) is 0.324. The minimum Gasteiger partial charge on any atom is -0.507 e. The molecular formula is C22H14ClF2NO4S. The number of amides is 1. The Morgan fingerprint density at radius 1 is 1.16 bits per heavy atom. The number of aliphatic hydroxyl groups excluding tert-OH is 1. The van der Waals surface area contributed by atoms with Crippen molar-refractivity contribution in [1.29, 1.82) is 0 Å². The molecule has 1 aliphatic rings. The maximum Gasteiger partial charge on any atom is 0.300 e. The van der Waals surface area contributed by atoms with Crippen molar-refractivity contribution in [3.05, 3.63) is 86.6 Å². The lowest BCUT2D eigenvalue weighted by Crippen LogP contribution is -2.30. The van der Waals surface area contributed by atoms with Crippen LogP contribution in [-0.2, 0) is 9.59 Å². The molecule has 9 heteroatoms. The van der Waals surface area contributed by atoms with E-state index in [2.05, 4.69) is 0 Å². The molecule has 1 N–H and O–H groups in total. The van der Waals surface area contributed by atoms with Crippen LogP contribution in [0.25, 0.3) is 5.76 Å². The number of benzene rings is 2. The summed E-state index contributed by atoms with van der Waals surface area (Å²) >= 11 is 7.34. The highest BCUT2D eigenvalue weighted by Crippen LogP contribution is 2.44. The first-order chi connectivity index (χ1) is 14.8. The highest BCUT2D eigenvalue weighted by Gasteiger charge is 2.48. The second kappa shape index (κ2) is 8.13. The van der Waals surface area contributed by atoms with Gasteiger partial charge in [-0.05, 0) is 41.8 Å². The first-order valence-electron chi connectivity index (χ1n) is 8.97. The van der Waals surface area contributed by atoms with Crippen LogP contribution in [0.1, 0.15) is 16.5 Å². The van der Waals surface area contributed by atoms with E-state index >= 15 is 0 Å². The standard InChI is InChI=1S/C22H14ClF2NO4S/c1-30-16-7-4-11(9-13(16)23)20(27)18-19(17-3-2-8-31-17)26(22(29)21(18)28)15-10-12(24)5-6-14(15)25/h2-10,19,27H,1H3/b20-18-. The fourth-order valence-electron chi connectivity index (χ4n) is 3.44. The maximum atomic E-state index is 14.5. The van der Waals surface area contributed by atoms with Gasteiger partial charge in [-0.2, -0.15) is 0 Å². The predicted octanol–water partition coefficient (Wildman–Crippen LogP) is 5.31. The number of thiophene rings is 1. The molecule has 4 rings (SSSR count). The van der Waals surface area contributed by atoms with E-state index in [4.69, 9.17) is 16.3 Å². The van der Waals surface area contributed by atoms with Crippen LogP contribution in [0.2, 0.25) is 5.02 Å². The van der Waals surface area contributed by atoms with Gasteiger partial charge in [0.25, 0.3) is 11.7 Å². The number of rotatable bonds is 4. The van der Waals surface area contributed by atoms with Crippen LogP contribution >= 0.6 is 22.9 Å². The molecule has 0 spiro atoms. The highest BCUT2D eigenvalue weighted by atomic mass is 35.5. The lowest BCUT2D eigenvalue weighted by molar-refractivity contribution is -0.132. The number of hydrogen-bond donors (Lipinski definition) is 1. The van der Waals surface area contributed by atoms with Crippen molar-refractivity contribution in [3.63, 3.8) is 0 Å². The summed E-state index contributed by atoms with van der Waals surface area (Å²) in [7, 11) is 1.43. The van der Waals surface area contributed by atoms with Crippen molar-refractivity contribution < 1.29 is 28.2 Å². The molecular weight excluding hydrogens is 448 g/mol. The van der Waals surface area contributed by atoms with Crippen molar-refractivity contribution >= 4 is 46.1 Å². The maximum absolute atomic E-state index is 14.5. The number of aliphatic hydroxyl groups is 1. The van der Waals surface area contributed by atoms with E-state index in [0.717, 1.165) is 23.1 Å². The number of ether oxygens (including phenoxy) is 1. The molecule has 1 amide bonds. The first kappa shape index (κ1) is 21.0. The Morgan fingerprint density at radius 2 is 1.94 bits per heavy atom. The topological polar surface area (TPSA) is 66.8 Å². The first-order valence-corrected chi connectivity index (χ1v) is 10.2. The van der Waals surface area contributed by atoms with Gasteiger partial charge in [0, 0.05) is 16.5 Å². The molecule has 1 aromatic heterocycles. The molecule has 1 unspecified atom stereocenters. The van der Waals surface area contributed by atoms with Crippen LogP contribution in [0.5, 0.6) is 5.75 Å². The summed E-state index contributed by atoms with van der Waals surface area (Å²) < 4.78 is 33.5. The Bertz CT molecular complexity index is 1230. The van der Waals surface area contributed by atoms with Gasteiger partial charge >= 0.3 is 0 Å². The van der Waals surface area contributed by atoms with Crippen LogP contribution in [0, 0.1) is 11.6 Å². The number of hydrogen-bond acceptors (Lipinski definition) is 5. The molecule has 1 aliphatic heterocycles. The monoisotopic (exact) mass is 461 g/mol. The average Bonchev–Trinajstić information content (AvgIpc) is 3.36. The fourth-order valence-corrected chi connectivity index (χ4v) is 4.52. The van der Waals surface area contributed by atoms with Gasteiger partial charge in [-0.25, -0.2) is 8.78 Å². The van der Waals surface area contributed by atoms with Gasteiger partial charge in [-0.15, -0.1) is 11.3 Å². The molecule has 2 aromatic carbocycles. The number of halogens is 3. The number of nitrogens with zero attached hydrogens (tertiary/aromatic N) is 1. The minimum absolute atomic E-state index is 0.171. The van der Waals surface area contributed by atoms with Crippen molar-refractivity contribution in [1.82, 2.24) is 0 Å². The molecule has 2 heterocycles. The summed E-state index contributed by atoms with van der Waals surface area (Å²) in [5.74, 6) is -3.88. The summed E-state index contributed by atoms with van der Waals surface area (Å²) in [5.41, 5.74) is -0.477. The molecule has 1 fully saturated rings. The van der Waals surface area contributed by atoms with E-state index in [1.165, 1.54) is 36.6 Å². The normalized spacial score (nSPS) is 17.9. The largest absolute Gasteiger partial charge is 0.507 e. The molecule has 0 saturated carbocycles. The third-order valence-corrected chi connectivity index (χ3v) is 6.07. The number of ketones is 1. The van der Waals surface area contributed by atoms with Crippen LogP contribution in [-0.4, -0.2) is 23.9 Å². The van der Waals surface area contributed by atoms with Gasteiger partial charge in [0.2, 0.25) is 0 Å². The third-order valence-electron chi connectivity index (χ3n) is 4.85. The highest BCUT2D eigenvalue weighted by molar-refractivity contribution is 7.10. The van der Waals surface area contributed by atoms with Crippen molar-refractivity contribution in [2.45, 2.75) is 6.04 Å². The molecule has 31 heavy (non-hydrogen) atoms. The molecule has 1 saturated heterocycles. The van der Waals surface area contributed by atoms with E-state index in [1.807, 2.05) is 0 Å². The Balaban J connectivity index is 1.94. The lowest BCUT2D eigenvalue weighted by Gasteiger charge is -2.24. The lowest BCUT2D eigenvalue weighted by atomic mass is 9.99. The van der Waals surface area contributed by atoms with Gasteiger partial charge in [-0.1, -0.05) is 17.7 Å². The van der Waals surface area contributed by atoms with Gasteiger partial charge in [0.05, 0.1) is 23.4 Å². The predicted molar refractivity (Wildman–Crippen MR) is 113 cm³/mol. The Kier molecular flexibility index (Phi) is 5.51. The van der Waals surface area contributed by atoms with E-state index in [1.54, 1.807) is 17.5 Å². The van der Waals surface area contributed by atoms with Gasteiger partial charge < -0.3 is 9.84 Å². The average molecular weight is 462 g/mol. The third kappa shape index (κ3) is 3.58. The van der Waals surface area contributed by atoms with Crippen LogP contribution in [0.4, 0.5) is 14.5 Å². The second-order valence-electron chi connectivity index (χ2n) is 6.63. The zero-order valence-corrected chi connectivity index (χ0v) is 17.5. The molecule has 158 valence electrons. The molecule has 0 radical (unpaired) electrons. The number of anilines is 1. The number of carbonyl (C=O) groups is 2. The smallest absolute Gasteiger partial charge is 0.300 e. The van der Waals surface area contributed by atoms with E-state index in [-0.39, 0.29) is 16.2 Å². The molecule has 1 atom stereocenters. The van der Waals surface area contributed by atoms with Crippen molar-refractivity contribution in [3.8, 4) is 5.75 Å². The van der Waals surface area contributed by atoms with E-state index in [9.17, 15) is 23.5 Å².